The Labute approximate surface area is 296 Å². The molecule has 0 saturated carbocycles. The van der Waals surface area contributed by atoms with Gasteiger partial charge in [0, 0.05) is 35.0 Å². The predicted molar refractivity (Wildman–Crippen MR) is 191 cm³/mol. The summed E-state index contributed by atoms with van der Waals surface area (Å²) in [6.07, 6.45) is -0.696. The number of pyridine rings is 1. The number of carbonyl (C=O) groups excluding carboxylic acids is 2. The zero-order valence-corrected chi connectivity index (χ0v) is 29.1. The van der Waals surface area contributed by atoms with Crippen LogP contribution in [0, 0.1) is 11.6 Å². The predicted octanol–water partition coefficient (Wildman–Crippen LogP) is 6.23. The standard InChI is InChI=1S/C37H33F2N5O7S/c1-4-49-33(45)19-41-18-32-44-28-8-6-7-25(39)22(28)16-29(44)35-30(50-32)14-13-26(42-35)23-15-24-31(17-27(23)43-52(47,48)5-2)51-36(34(24)37(46)40-3)20-9-11-21(38)12-10-20/h6-17,32,41,43H,4-5,18-19H2,1-3H3,(H,40,46). The number of halogens is 2. The largest absolute Gasteiger partial charge is 0.466 e. The average molecular weight is 730 g/mol. The third kappa shape index (κ3) is 6.32. The minimum atomic E-state index is -3.82. The topological polar surface area (TPSA) is 154 Å². The number of esters is 1. The Bertz CT molecular complexity index is 2480. The number of hydrogen-bond acceptors (Lipinski definition) is 9. The number of hydrogen-bond donors (Lipinski definition) is 3. The Morgan fingerprint density at radius 3 is 2.52 bits per heavy atom. The van der Waals surface area contributed by atoms with Gasteiger partial charge in [-0.25, -0.2) is 22.2 Å². The molecule has 52 heavy (non-hydrogen) atoms. The number of benzene rings is 3. The van der Waals surface area contributed by atoms with Crippen LogP contribution in [0.15, 0.2) is 77.2 Å². The lowest BCUT2D eigenvalue weighted by atomic mass is 10.0. The van der Waals surface area contributed by atoms with Gasteiger partial charge in [-0.3, -0.25) is 14.3 Å². The average Bonchev–Trinajstić information content (AvgIpc) is 3.71. The maximum absolute atomic E-state index is 15.2. The van der Waals surface area contributed by atoms with Gasteiger partial charge >= 0.3 is 5.97 Å². The molecule has 12 nitrogen and oxygen atoms in total. The number of ether oxygens (including phenoxy) is 2. The van der Waals surface area contributed by atoms with Crippen LogP contribution in [0.1, 0.15) is 30.4 Å². The van der Waals surface area contributed by atoms with E-state index in [4.69, 9.17) is 18.9 Å². The van der Waals surface area contributed by atoms with E-state index in [1.165, 1.54) is 50.4 Å². The Balaban J connectivity index is 1.40. The second kappa shape index (κ2) is 13.7. The molecule has 0 spiro atoms. The van der Waals surface area contributed by atoms with Crippen molar-refractivity contribution in [3.8, 4) is 39.7 Å². The van der Waals surface area contributed by atoms with E-state index >= 15 is 4.39 Å². The summed E-state index contributed by atoms with van der Waals surface area (Å²) in [6, 6.07) is 18.2. The van der Waals surface area contributed by atoms with Crippen molar-refractivity contribution in [2.75, 3.05) is 37.2 Å². The van der Waals surface area contributed by atoms with Crippen LogP contribution in [0.25, 0.3) is 55.8 Å². The first-order chi connectivity index (χ1) is 25.0. The van der Waals surface area contributed by atoms with Crippen molar-refractivity contribution in [3.05, 3.63) is 90.0 Å². The number of aromatic nitrogens is 2. The summed E-state index contributed by atoms with van der Waals surface area (Å²) < 4.78 is 76.8. The molecule has 0 aliphatic carbocycles. The molecule has 3 aromatic heterocycles. The van der Waals surface area contributed by atoms with E-state index in [1.807, 2.05) is 0 Å². The highest BCUT2D eigenvalue weighted by molar-refractivity contribution is 7.92. The molecule has 0 saturated heterocycles. The smallest absolute Gasteiger partial charge is 0.319 e. The molecule has 3 N–H and O–H groups in total. The molecule has 1 atom stereocenters. The highest BCUT2D eigenvalue weighted by atomic mass is 32.2. The fourth-order valence-corrected chi connectivity index (χ4v) is 6.91. The minimum absolute atomic E-state index is 0.0610. The number of amides is 1. The fourth-order valence-electron chi connectivity index (χ4n) is 6.26. The molecule has 0 bridgehead atoms. The highest BCUT2D eigenvalue weighted by Gasteiger charge is 2.31. The van der Waals surface area contributed by atoms with Crippen molar-refractivity contribution in [2.24, 2.45) is 0 Å². The molecular weight excluding hydrogens is 696 g/mol. The normalized spacial score (nSPS) is 13.8. The van der Waals surface area contributed by atoms with Crippen LogP contribution in [-0.4, -0.2) is 62.3 Å². The molecule has 6 aromatic rings. The molecule has 4 heterocycles. The lowest BCUT2D eigenvalue weighted by Crippen LogP contribution is -2.35. The number of fused-ring (bicyclic) bond motifs is 6. The Morgan fingerprint density at radius 1 is 1.00 bits per heavy atom. The quantitative estimate of drug-likeness (QED) is 0.132. The van der Waals surface area contributed by atoms with Gasteiger partial charge in [-0.1, -0.05) is 6.07 Å². The Morgan fingerprint density at radius 2 is 1.79 bits per heavy atom. The molecule has 0 radical (unpaired) electrons. The van der Waals surface area contributed by atoms with Gasteiger partial charge < -0.3 is 29.1 Å². The molecular formula is C37H33F2N5O7S. The van der Waals surface area contributed by atoms with E-state index in [2.05, 4.69) is 15.4 Å². The van der Waals surface area contributed by atoms with Gasteiger partial charge in [0.2, 0.25) is 10.0 Å². The van der Waals surface area contributed by atoms with E-state index in [0.717, 1.165) is 0 Å². The summed E-state index contributed by atoms with van der Waals surface area (Å²) in [7, 11) is -2.35. The summed E-state index contributed by atoms with van der Waals surface area (Å²) >= 11 is 0. The molecule has 7 rings (SSSR count). The van der Waals surface area contributed by atoms with Crippen molar-refractivity contribution in [3.63, 3.8) is 0 Å². The number of nitrogens with zero attached hydrogens (tertiary/aromatic N) is 2. The van der Waals surface area contributed by atoms with Gasteiger partial charge in [0.15, 0.2) is 6.23 Å². The van der Waals surface area contributed by atoms with Crippen LogP contribution in [0.3, 0.4) is 0 Å². The maximum Gasteiger partial charge on any atom is 0.319 e. The number of furan rings is 1. The SMILES string of the molecule is CCOC(=O)CNCC1Oc2ccc(-c3cc4c(C(=O)NC)c(-c5ccc(F)cc5)oc4cc3NS(=O)(=O)CC)nc2-c2cc3c(F)cccc3n21. The van der Waals surface area contributed by atoms with Crippen molar-refractivity contribution < 1.29 is 40.7 Å². The van der Waals surface area contributed by atoms with Crippen molar-refractivity contribution in [1.82, 2.24) is 20.2 Å². The molecule has 1 unspecified atom stereocenters. The third-order valence-electron chi connectivity index (χ3n) is 8.69. The van der Waals surface area contributed by atoms with Gasteiger partial charge in [0.25, 0.3) is 5.91 Å². The first-order valence-corrected chi connectivity index (χ1v) is 18.1. The van der Waals surface area contributed by atoms with Crippen LogP contribution in [0.5, 0.6) is 5.75 Å². The molecule has 0 fully saturated rings. The molecule has 3 aromatic carbocycles. The van der Waals surface area contributed by atoms with Crippen molar-refractivity contribution >= 4 is 49.5 Å². The van der Waals surface area contributed by atoms with Gasteiger partial charge in [0.05, 0.1) is 53.6 Å². The summed E-state index contributed by atoms with van der Waals surface area (Å²) in [6.45, 7) is 3.56. The van der Waals surface area contributed by atoms with Crippen LogP contribution in [0.4, 0.5) is 14.5 Å². The summed E-state index contributed by atoms with van der Waals surface area (Å²) in [4.78, 5) is 30.3. The Hall–Kier alpha value is -5.80. The van der Waals surface area contributed by atoms with E-state index in [-0.39, 0.29) is 48.0 Å². The lowest BCUT2D eigenvalue weighted by Gasteiger charge is -2.30. The van der Waals surface area contributed by atoms with Crippen LogP contribution in [-0.2, 0) is 19.6 Å². The second-order valence-corrected chi connectivity index (χ2v) is 13.9. The summed E-state index contributed by atoms with van der Waals surface area (Å²) in [5.41, 5.74) is 2.96. The summed E-state index contributed by atoms with van der Waals surface area (Å²) in [5.74, 6) is -1.52. The first kappa shape index (κ1) is 34.6. The van der Waals surface area contributed by atoms with Crippen LogP contribution < -0.4 is 20.1 Å². The number of rotatable bonds is 11. The number of nitrogens with one attached hydrogen (secondary N) is 3. The second-order valence-electron chi connectivity index (χ2n) is 11.9. The Kier molecular flexibility index (Phi) is 9.15. The summed E-state index contributed by atoms with van der Waals surface area (Å²) in [5, 5.41) is 6.35. The fraction of sp³-hybridized carbons (Fsp3) is 0.216. The molecule has 1 aliphatic rings. The van der Waals surface area contributed by atoms with Gasteiger partial charge in [-0.2, -0.15) is 0 Å². The molecule has 15 heteroatoms. The van der Waals surface area contributed by atoms with E-state index < -0.39 is 39.8 Å². The lowest BCUT2D eigenvalue weighted by molar-refractivity contribution is -0.142. The molecule has 268 valence electrons. The number of carbonyl (C=O) groups is 2. The first-order valence-electron chi connectivity index (χ1n) is 16.4. The number of sulfonamides is 1. The van der Waals surface area contributed by atoms with Crippen LogP contribution in [0.2, 0.25) is 0 Å². The minimum Gasteiger partial charge on any atom is -0.466 e. The van der Waals surface area contributed by atoms with E-state index in [0.29, 0.717) is 50.2 Å². The molecule has 1 aliphatic heterocycles. The zero-order chi connectivity index (χ0) is 36.7. The molecule has 1 amide bonds. The number of anilines is 1. The maximum atomic E-state index is 15.2. The van der Waals surface area contributed by atoms with Gasteiger partial charge in [-0.05, 0) is 74.5 Å². The van der Waals surface area contributed by atoms with Gasteiger partial charge in [-0.15, -0.1) is 0 Å². The third-order valence-corrected chi connectivity index (χ3v) is 9.98. The van der Waals surface area contributed by atoms with Crippen molar-refractivity contribution in [2.45, 2.75) is 20.1 Å². The van der Waals surface area contributed by atoms with E-state index in [9.17, 15) is 22.4 Å². The van der Waals surface area contributed by atoms with Crippen molar-refractivity contribution in [1.29, 1.82) is 0 Å². The van der Waals surface area contributed by atoms with Gasteiger partial charge in [0.1, 0.15) is 34.4 Å². The monoisotopic (exact) mass is 729 g/mol. The zero-order valence-electron chi connectivity index (χ0n) is 28.3. The van der Waals surface area contributed by atoms with Crippen LogP contribution >= 0.6 is 0 Å². The van der Waals surface area contributed by atoms with E-state index in [1.54, 1.807) is 47.9 Å². The highest BCUT2D eigenvalue weighted by Crippen LogP contribution is 2.44.